The second-order valence-corrected chi connectivity index (χ2v) is 11.9. The first kappa shape index (κ1) is 35.6. The molecule has 264 valence electrons. The molecule has 0 radical (unpaired) electrons. The van der Waals surface area contributed by atoms with Gasteiger partial charge in [0.1, 0.15) is 18.0 Å². The van der Waals surface area contributed by atoms with Gasteiger partial charge in [0, 0.05) is 63.5 Å². The van der Waals surface area contributed by atoms with Crippen molar-refractivity contribution in [1.82, 2.24) is 29.7 Å². The molecule has 4 heterocycles. The van der Waals surface area contributed by atoms with Crippen molar-refractivity contribution in [1.29, 1.82) is 0 Å². The molecule has 3 aromatic rings. The molecule has 0 spiro atoms. The molecular formula is C31H33F6N7O5. The largest absolute Gasteiger partial charge is 0.460 e. The summed E-state index contributed by atoms with van der Waals surface area (Å²) >= 11 is 0. The third-order valence-electron chi connectivity index (χ3n) is 8.44. The van der Waals surface area contributed by atoms with Crippen LogP contribution in [0, 0.1) is 17.5 Å². The van der Waals surface area contributed by atoms with Gasteiger partial charge in [-0.3, -0.25) is 19.3 Å². The van der Waals surface area contributed by atoms with E-state index in [2.05, 4.69) is 15.3 Å². The fourth-order valence-corrected chi connectivity index (χ4v) is 5.89. The lowest BCUT2D eigenvalue weighted by molar-refractivity contribution is -0.148. The van der Waals surface area contributed by atoms with Gasteiger partial charge >= 0.3 is 12.1 Å². The van der Waals surface area contributed by atoms with Crippen LogP contribution in [0.15, 0.2) is 35.3 Å². The van der Waals surface area contributed by atoms with Crippen LogP contribution in [0.3, 0.4) is 0 Å². The summed E-state index contributed by atoms with van der Waals surface area (Å²) in [6, 6.07) is 2.77. The van der Waals surface area contributed by atoms with E-state index in [4.69, 9.17) is 10.5 Å². The molecule has 0 bridgehead atoms. The molecule has 0 aliphatic carbocycles. The molecule has 0 unspecified atom stereocenters. The maximum Gasteiger partial charge on any atom is 0.449 e. The minimum atomic E-state index is -4.90. The van der Waals surface area contributed by atoms with E-state index in [-0.39, 0.29) is 61.9 Å². The van der Waals surface area contributed by atoms with Crippen molar-refractivity contribution in [2.24, 2.45) is 5.73 Å². The zero-order valence-corrected chi connectivity index (χ0v) is 26.0. The molecule has 49 heavy (non-hydrogen) atoms. The number of nitrogens with two attached hydrogens (primary N) is 1. The molecule has 4 N–H and O–H groups in total. The van der Waals surface area contributed by atoms with Crippen LogP contribution in [-0.4, -0.2) is 87.0 Å². The summed E-state index contributed by atoms with van der Waals surface area (Å²) in [7, 11) is 0. The number of pyridine rings is 1. The molecule has 12 nitrogen and oxygen atoms in total. The predicted molar refractivity (Wildman–Crippen MR) is 160 cm³/mol. The van der Waals surface area contributed by atoms with Gasteiger partial charge in [0.15, 0.2) is 17.3 Å². The number of rotatable bonds is 10. The van der Waals surface area contributed by atoms with E-state index >= 15 is 0 Å². The van der Waals surface area contributed by atoms with E-state index < -0.39 is 71.1 Å². The minimum absolute atomic E-state index is 0.000538. The van der Waals surface area contributed by atoms with E-state index in [1.165, 1.54) is 17.2 Å². The standard InChI is InChI=1S/C31H33F6N7O5/c32-21-15-23(34)22(33)13-17(21)12-18(38)14-25(45)43-8-9-44-24(16-43)26(41-30(44)31(35,36)37)29(48)49-11-10-42-6-3-19(4-7-42)40-28(47)20-2-1-5-39-27(20)46/h1-2,5,13,15,18-19H,3-4,6-12,14,16,38H2,(H,39,46)(H,40,47)/t18-/m1/s1. The van der Waals surface area contributed by atoms with Gasteiger partial charge < -0.3 is 30.2 Å². The number of amides is 2. The van der Waals surface area contributed by atoms with Gasteiger partial charge in [-0.25, -0.2) is 22.9 Å². The quantitative estimate of drug-likeness (QED) is 0.166. The third kappa shape index (κ3) is 8.48. The maximum absolute atomic E-state index is 14.1. The number of aromatic amines is 1. The highest BCUT2D eigenvalue weighted by Crippen LogP contribution is 2.33. The number of nitrogens with zero attached hydrogens (tertiary/aromatic N) is 4. The van der Waals surface area contributed by atoms with Crippen molar-refractivity contribution in [3.05, 3.63) is 86.6 Å². The second kappa shape index (κ2) is 14.8. The van der Waals surface area contributed by atoms with Gasteiger partial charge in [-0.05, 0) is 43.0 Å². The maximum atomic E-state index is 14.1. The fraction of sp³-hybridized carbons (Fsp3) is 0.452. The monoisotopic (exact) mass is 697 g/mol. The minimum Gasteiger partial charge on any atom is -0.460 e. The number of piperidine rings is 1. The Morgan fingerprint density at radius 1 is 1.06 bits per heavy atom. The number of benzene rings is 1. The Bertz CT molecular complexity index is 1770. The average Bonchev–Trinajstić information content (AvgIpc) is 3.44. The van der Waals surface area contributed by atoms with Crippen molar-refractivity contribution in [2.45, 2.75) is 57.0 Å². The highest BCUT2D eigenvalue weighted by Gasteiger charge is 2.42. The number of aromatic nitrogens is 3. The predicted octanol–water partition coefficient (Wildman–Crippen LogP) is 2.36. The smallest absolute Gasteiger partial charge is 0.449 e. The van der Waals surface area contributed by atoms with E-state index in [1.807, 2.05) is 4.90 Å². The highest BCUT2D eigenvalue weighted by molar-refractivity contribution is 5.94. The molecule has 0 saturated carbocycles. The molecule has 1 aromatic carbocycles. The van der Waals surface area contributed by atoms with Crippen LogP contribution in [0.1, 0.15) is 57.2 Å². The van der Waals surface area contributed by atoms with E-state index in [0.717, 1.165) is 4.57 Å². The summed E-state index contributed by atoms with van der Waals surface area (Å²) in [6.07, 6.45) is -3.07. The Balaban J connectivity index is 1.15. The van der Waals surface area contributed by atoms with Crippen LogP contribution in [0.2, 0.25) is 0 Å². The first-order chi connectivity index (χ1) is 23.2. The van der Waals surface area contributed by atoms with E-state index in [1.54, 1.807) is 6.07 Å². The Kier molecular flexibility index (Phi) is 10.8. The van der Waals surface area contributed by atoms with Gasteiger partial charge in [-0.2, -0.15) is 13.2 Å². The molecule has 5 rings (SSSR count). The van der Waals surface area contributed by atoms with Crippen molar-refractivity contribution in [3.8, 4) is 0 Å². The van der Waals surface area contributed by atoms with Crippen LogP contribution in [0.25, 0.3) is 0 Å². The Morgan fingerprint density at radius 2 is 1.78 bits per heavy atom. The fourth-order valence-electron chi connectivity index (χ4n) is 5.89. The SMILES string of the molecule is N[C@@H](CC(=O)N1CCn2c(C(F)(F)F)nc(C(=O)OCCN3CCC(NC(=O)c4ccc[nH]c4=O)CC3)c2C1)Cc1cc(F)c(F)cc1F. The van der Waals surface area contributed by atoms with Crippen LogP contribution >= 0.6 is 0 Å². The Labute approximate surface area is 275 Å². The van der Waals surface area contributed by atoms with Crippen LogP contribution in [0.4, 0.5) is 26.3 Å². The van der Waals surface area contributed by atoms with E-state index in [0.29, 0.717) is 38.1 Å². The topological polar surface area (TPSA) is 156 Å². The number of hydrogen-bond acceptors (Lipinski definition) is 8. The summed E-state index contributed by atoms with van der Waals surface area (Å²) in [5, 5.41) is 2.82. The summed E-state index contributed by atoms with van der Waals surface area (Å²) in [5.74, 6) is -7.21. The van der Waals surface area contributed by atoms with Gasteiger partial charge in [0.2, 0.25) is 11.7 Å². The lowest BCUT2D eigenvalue weighted by atomic mass is 10.0. The van der Waals surface area contributed by atoms with Gasteiger partial charge in [0.25, 0.3) is 11.5 Å². The number of esters is 1. The van der Waals surface area contributed by atoms with E-state index in [9.17, 15) is 45.5 Å². The number of hydrogen-bond donors (Lipinski definition) is 3. The number of carbonyl (C=O) groups is 3. The summed E-state index contributed by atoms with van der Waals surface area (Å²) in [4.78, 5) is 59.4. The number of carbonyl (C=O) groups excluding carboxylic acids is 3. The number of halogens is 6. The second-order valence-electron chi connectivity index (χ2n) is 11.9. The normalized spacial score (nSPS) is 16.3. The zero-order valence-electron chi connectivity index (χ0n) is 26.0. The van der Waals surface area contributed by atoms with Crippen LogP contribution in [-0.2, 0) is 35.2 Å². The van der Waals surface area contributed by atoms with Gasteiger partial charge in [-0.15, -0.1) is 0 Å². The number of imidazole rings is 1. The number of likely N-dealkylation sites (tertiary alicyclic amines) is 1. The molecule has 1 atom stereocenters. The molecule has 2 aliphatic rings. The molecular weight excluding hydrogens is 664 g/mol. The van der Waals surface area contributed by atoms with Crippen molar-refractivity contribution in [2.75, 3.05) is 32.8 Å². The summed E-state index contributed by atoms with van der Waals surface area (Å²) in [5.41, 5.74) is 4.47. The number of H-pyrrole nitrogens is 1. The third-order valence-corrected chi connectivity index (χ3v) is 8.44. The molecule has 1 saturated heterocycles. The Morgan fingerprint density at radius 3 is 2.47 bits per heavy atom. The summed E-state index contributed by atoms with van der Waals surface area (Å²) in [6.45, 7) is 0.237. The molecule has 2 aliphatic heterocycles. The van der Waals surface area contributed by atoms with Crippen molar-refractivity contribution < 1.29 is 45.5 Å². The molecule has 1 fully saturated rings. The first-order valence-corrected chi connectivity index (χ1v) is 15.4. The molecule has 2 aromatic heterocycles. The van der Waals surface area contributed by atoms with Gasteiger partial charge in [-0.1, -0.05) is 0 Å². The lowest BCUT2D eigenvalue weighted by Gasteiger charge is -2.32. The molecule has 2 amide bonds. The lowest BCUT2D eigenvalue weighted by Crippen LogP contribution is -2.46. The van der Waals surface area contributed by atoms with Crippen molar-refractivity contribution in [3.63, 3.8) is 0 Å². The zero-order chi connectivity index (χ0) is 35.5. The summed E-state index contributed by atoms with van der Waals surface area (Å²) < 4.78 is 88.5. The number of alkyl halides is 3. The van der Waals surface area contributed by atoms with Crippen molar-refractivity contribution >= 4 is 17.8 Å². The van der Waals surface area contributed by atoms with Crippen LogP contribution in [0.5, 0.6) is 0 Å². The Hall–Kier alpha value is -4.71. The highest BCUT2D eigenvalue weighted by atomic mass is 19.4. The molecule has 18 heteroatoms. The average molecular weight is 698 g/mol. The number of nitrogens with one attached hydrogen (secondary N) is 2. The first-order valence-electron chi connectivity index (χ1n) is 15.4. The van der Waals surface area contributed by atoms with Crippen LogP contribution < -0.4 is 16.6 Å². The van der Waals surface area contributed by atoms with Gasteiger partial charge in [0.05, 0.1) is 12.2 Å². The number of fused-ring (bicyclic) bond motifs is 1. The number of ether oxygens (including phenoxy) is 1.